The second-order valence-electron chi connectivity index (χ2n) is 3.71. The molecule has 1 atom stereocenters. The molecule has 0 saturated carbocycles. The number of hydrogen-bond donors (Lipinski definition) is 1. The zero-order valence-electron chi connectivity index (χ0n) is 9.47. The molecule has 5 nitrogen and oxygen atoms in total. The van der Waals surface area contributed by atoms with Crippen LogP contribution in [0.25, 0.3) is 0 Å². The molecule has 0 bridgehead atoms. The Hall–Kier alpha value is -0.660. The van der Waals surface area contributed by atoms with E-state index >= 15 is 0 Å². The van der Waals surface area contributed by atoms with Gasteiger partial charge >= 0.3 is 5.69 Å². The van der Waals surface area contributed by atoms with Crippen molar-refractivity contribution in [1.82, 2.24) is 4.98 Å². The number of nitrogens with one attached hydrogen (secondary N) is 1. The van der Waals surface area contributed by atoms with Gasteiger partial charge in [-0.3, -0.25) is 10.1 Å². The smallest absolute Gasteiger partial charge is 0.311 e. The van der Waals surface area contributed by atoms with Crippen molar-refractivity contribution in [2.75, 3.05) is 29.1 Å². The normalized spacial score (nSPS) is 19.5. The number of hydrogen-bond acceptors (Lipinski definition) is 6. The molecule has 18 heavy (non-hydrogen) atoms. The fraction of sp³-hybridized carbons (Fsp3) is 0.500. The van der Waals surface area contributed by atoms with Crippen LogP contribution in [0, 0.1) is 10.1 Å². The van der Waals surface area contributed by atoms with Gasteiger partial charge in [-0.1, -0.05) is 11.6 Å². The third-order valence-corrected chi connectivity index (χ3v) is 5.47. The third-order valence-electron chi connectivity index (χ3n) is 2.42. The molecule has 1 aromatic rings. The predicted molar refractivity (Wildman–Crippen MR) is 78.0 cm³/mol. The van der Waals surface area contributed by atoms with Crippen molar-refractivity contribution in [3.05, 3.63) is 27.4 Å². The maximum atomic E-state index is 10.9. The Morgan fingerprint density at radius 1 is 1.56 bits per heavy atom. The minimum absolute atomic E-state index is 0.0344. The number of rotatable bonds is 4. The Morgan fingerprint density at radius 3 is 3.06 bits per heavy atom. The molecule has 0 amide bonds. The van der Waals surface area contributed by atoms with Crippen LogP contribution in [0.5, 0.6) is 0 Å². The van der Waals surface area contributed by atoms with Crippen LogP contribution >= 0.6 is 35.1 Å². The maximum absolute atomic E-state index is 10.9. The predicted octanol–water partition coefficient (Wildman–Crippen LogP) is 2.90. The average Bonchev–Trinajstić information content (AvgIpc) is 2.37. The van der Waals surface area contributed by atoms with Crippen molar-refractivity contribution in [2.45, 2.75) is 5.25 Å². The number of nitrogens with zero attached hydrogens (tertiary/aromatic N) is 2. The molecular weight excluding hydrogens is 294 g/mol. The summed E-state index contributed by atoms with van der Waals surface area (Å²) in [5.41, 5.74) is -0.0344. The summed E-state index contributed by atoms with van der Waals surface area (Å²) >= 11 is 9.56. The van der Waals surface area contributed by atoms with Crippen molar-refractivity contribution in [1.29, 1.82) is 0 Å². The first-order valence-corrected chi connectivity index (χ1v) is 7.99. The molecule has 0 radical (unpaired) electrons. The van der Waals surface area contributed by atoms with Gasteiger partial charge in [0.1, 0.15) is 5.15 Å². The molecule has 1 aromatic heterocycles. The fourth-order valence-corrected chi connectivity index (χ4v) is 4.33. The highest BCUT2D eigenvalue weighted by molar-refractivity contribution is 8.06. The lowest BCUT2D eigenvalue weighted by molar-refractivity contribution is -0.384. The van der Waals surface area contributed by atoms with Gasteiger partial charge in [-0.15, -0.1) is 0 Å². The maximum Gasteiger partial charge on any atom is 0.311 e. The van der Waals surface area contributed by atoms with Crippen LogP contribution in [0.15, 0.2) is 12.1 Å². The minimum atomic E-state index is -0.450. The highest BCUT2D eigenvalue weighted by Gasteiger charge is 2.19. The minimum Gasteiger partial charge on any atom is -0.363 e. The Labute approximate surface area is 118 Å². The largest absolute Gasteiger partial charge is 0.363 e. The Kier molecular flexibility index (Phi) is 4.96. The second kappa shape index (κ2) is 6.49. The number of thioether (sulfide) groups is 2. The molecule has 0 aromatic carbocycles. The zero-order valence-corrected chi connectivity index (χ0v) is 11.9. The monoisotopic (exact) mass is 305 g/mol. The molecule has 98 valence electrons. The molecule has 1 saturated heterocycles. The molecular formula is C10H12ClN3O2S2. The van der Waals surface area contributed by atoms with E-state index in [9.17, 15) is 10.1 Å². The van der Waals surface area contributed by atoms with Gasteiger partial charge in [-0.25, -0.2) is 4.98 Å². The van der Waals surface area contributed by atoms with Crippen molar-refractivity contribution in [3.8, 4) is 0 Å². The number of pyridine rings is 1. The first-order valence-electron chi connectivity index (χ1n) is 5.41. The summed E-state index contributed by atoms with van der Waals surface area (Å²) in [6.45, 7) is 0.672. The zero-order chi connectivity index (χ0) is 13.0. The van der Waals surface area contributed by atoms with Crippen molar-refractivity contribution in [2.24, 2.45) is 0 Å². The van der Waals surface area contributed by atoms with Crippen LogP contribution in [0.2, 0.25) is 5.15 Å². The summed E-state index contributed by atoms with van der Waals surface area (Å²) in [5, 5.41) is 14.6. The summed E-state index contributed by atoms with van der Waals surface area (Å²) < 4.78 is 0. The van der Waals surface area contributed by atoms with Crippen molar-refractivity contribution >= 4 is 46.6 Å². The van der Waals surface area contributed by atoms with Gasteiger partial charge in [0.15, 0.2) is 0 Å². The molecule has 1 N–H and O–H groups in total. The molecule has 0 spiro atoms. The fourth-order valence-electron chi connectivity index (χ4n) is 1.57. The summed E-state index contributed by atoms with van der Waals surface area (Å²) in [6, 6.07) is 2.80. The van der Waals surface area contributed by atoms with E-state index in [-0.39, 0.29) is 16.7 Å². The van der Waals surface area contributed by atoms with E-state index in [1.165, 1.54) is 17.9 Å². The summed E-state index contributed by atoms with van der Waals surface area (Å²) in [7, 11) is 0. The standard InChI is InChI=1S/C10H12ClN3O2S2/c11-9-2-1-8(14(15)16)10(13-9)12-5-7-6-17-3-4-18-7/h1-2,7H,3-6H2,(H,12,13). The molecule has 8 heteroatoms. The van der Waals surface area contributed by atoms with Crippen LogP contribution in [0.4, 0.5) is 11.5 Å². The Bertz CT molecular complexity index is 441. The second-order valence-corrected chi connectivity index (χ2v) is 6.65. The number of aromatic nitrogens is 1. The van der Waals surface area contributed by atoms with Crippen LogP contribution in [-0.4, -0.2) is 39.0 Å². The van der Waals surface area contributed by atoms with Gasteiger partial charge in [0.2, 0.25) is 5.82 Å². The van der Waals surface area contributed by atoms with E-state index in [2.05, 4.69) is 10.3 Å². The number of halogens is 1. The Balaban J connectivity index is 2.03. The lowest BCUT2D eigenvalue weighted by Gasteiger charge is -2.21. The van der Waals surface area contributed by atoms with Gasteiger partial charge in [-0.2, -0.15) is 23.5 Å². The number of anilines is 1. The Morgan fingerprint density at radius 2 is 2.39 bits per heavy atom. The molecule has 0 aliphatic carbocycles. The quantitative estimate of drug-likeness (QED) is 0.524. The molecule has 2 rings (SSSR count). The molecule has 1 unspecified atom stereocenters. The lowest BCUT2D eigenvalue weighted by Crippen LogP contribution is -2.23. The summed E-state index contributed by atoms with van der Waals surface area (Å²) in [5.74, 6) is 3.62. The van der Waals surface area contributed by atoms with Gasteiger partial charge in [0.25, 0.3) is 0 Å². The van der Waals surface area contributed by atoms with E-state index in [0.29, 0.717) is 11.8 Å². The van der Waals surface area contributed by atoms with E-state index in [4.69, 9.17) is 11.6 Å². The van der Waals surface area contributed by atoms with Crippen molar-refractivity contribution < 1.29 is 4.92 Å². The SMILES string of the molecule is O=[N+]([O-])c1ccc(Cl)nc1NCC1CSCCS1. The molecule has 1 fully saturated rings. The summed E-state index contributed by atoms with van der Waals surface area (Å²) in [4.78, 5) is 14.4. The lowest BCUT2D eigenvalue weighted by atomic mass is 10.3. The van der Waals surface area contributed by atoms with Crippen molar-refractivity contribution in [3.63, 3.8) is 0 Å². The number of nitro groups is 1. The van der Waals surface area contributed by atoms with Crippen LogP contribution in [-0.2, 0) is 0 Å². The first kappa shape index (κ1) is 13.8. The molecule has 1 aliphatic heterocycles. The van der Waals surface area contributed by atoms with Gasteiger partial charge in [-0.05, 0) is 6.07 Å². The van der Waals surface area contributed by atoms with E-state index in [0.717, 1.165) is 11.5 Å². The highest BCUT2D eigenvalue weighted by Crippen LogP contribution is 2.27. The topological polar surface area (TPSA) is 68.1 Å². The third kappa shape index (κ3) is 3.66. The molecule has 1 aliphatic rings. The van der Waals surface area contributed by atoms with E-state index < -0.39 is 4.92 Å². The van der Waals surface area contributed by atoms with Crippen LogP contribution < -0.4 is 5.32 Å². The highest BCUT2D eigenvalue weighted by atomic mass is 35.5. The first-order chi connectivity index (χ1) is 8.66. The van der Waals surface area contributed by atoms with E-state index in [1.54, 1.807) is 0 Å². The molecule has 2 heterocycles. The van der Waals surface area contributed by atoms with Gasteiger partial charge in [0, 0.05) is 35.1 Å². The van der Waals surface area contributed by atoms with Crippen LogP contribution in [0.3, 0.4) is 0 Å². The average molecular weight is 306 g/mol. The van der Waals surface area contributed by atoms with Gasteiger partial charge < -0.3 is 5.32 Å². The van der Waals surface area contributed by atoms with E-state index in [1.807, 2.05) is 23.5 Å². The van der Waals surface area contributed by atoms with Crippen LogP contribution in [0.1, 0.15) is 0 Å². The summed E-state index contributed by atoms with van der Waals surface area (Å²) in [6.07, 6.45) is 0. The van der Waals surface area contributed by atoms with Gasteiger partial charge in [0.05, 0.1) is 4.92 Å².